The molecule has 1 aromatic carbocycles. The molecule has 1 unspecified atom stereocenters. The van der Waals surface area contributed by atoms with Crippen LogP contribution in [0.15, 0.2) is 24.3 Å². The molecule has 0 bridgehead atoms. The highest BCUT2D eigenvalue weighted by Crippen LogP contribution is 2.31. The van der Waals surface area contributed by atoms with E-state index < -0.39 is 0 Å². The highest BCUT2D eigenvalue weighted by atomic mass is 35.5. The Morgan fingerprint density at radius 2 is 1.74 bits per heavy atom. The van der Waals surface area contributed by atoms with Crippen molar-refractivity contribution < 1.29 is 4.79 Å². The van der Waals surface area contributed by atoms with Crippen molar-refractivity contribution in [2.45, 2.75) is 37.9 Å². The van der Waals surface area contributed by atoms with Gasteiger partial charge in [0.2, 0.25) is 0 Å². The van der Waals surface area contributed by atoms with E-state index in [1.165, 1.54) is 24.6 Å². The van der Waals surface area contributed by atoms with Crippen molar-refractivity contribution in [2.75, 3.05) is 13.1 Å². The average Bonchev–Trinajstić information content (AvgIpc) is 2.68. The molecule has 1 aromatic rings. The third-order valence-electron chi connectivity index (χ3n) is 3.48. The molecule has 0 saturated carbocycles. The summed E-state index contributed by atoms with van der Waals surface area (Å²) in [6.45, 7) is 3.90. The summed E-state index contributed by atoms with van der Waals surface area (Å²) in [5.41, 5.74) is 1.15. The predicted octanol–water partition coefficient (Wildman–Crippen LogP) is 5.13. The molecule has 0 radical (unpaired) electrons. The first-order valence-corrected chi connectivity index (χ1v) is 8.13. The number of carbonyl (C=O) groups is 1. The van der Waals surface area contributed by atoms with Crippen LogP contribution in [0, 0.1) is 0 Å². The second-order valence-electron chi connectivity index (χ2n) is 4.98. The van der Waals surface area contributed by atoms with Crippen molar-refractivity contribution in [1.29, 1.82) is 0 Å². The van der Waals surface area contributed by atoms with Crippen LogP contribution in [0.25, 0.3) is 0 Å². The van der Waals surface area contributed by atoms with Gasteiger partial charge in [-0.1, -0.05) is 48.3 Å². The summed E-state index contributed by atoms with van der Waals surface area (Å²) in [5, 5.41) is 1.12. The fraction of sp³-hybridized carbons (Fsp3) is 0.533. The summed E-state index contributed by atoms with van der Waals surface area (Å²) >= 11 is 7.30. The SMILES string of the molecule is CC(SC(=O)N1CCCCCC1)c1ccc(Cl)cc1. The van der Waals surface area contributed by atoms with Crippen molar-refractivity contribution >= 4 is 28.6 Å². The van der Waals surface area contributed by atoms with Crippen LogP contribution in [0.3, 0.4) is 0 Å². The van der Waals surface area contributed by atoms with Crippen LogP contribution in [0.1, 0.15) is 43.4 Å². The molecule has 1 fully saturated rings. The number of rotatable bonds is 2. The van der Waals surface area contributed by atoms with E-state index >= 15 is 0 Å². The molecular weight excluding hydrogens is 278 g/mol. The fourth-order valence-electron chi connectivity index (χ4n) is 2.28. The first kappa shape index (κ1) is 14.7. The van der Waals surface area contributed by atoms with Gasteiger partial charge in [-0.3, -0.25) is 4.79 Å². The number of halogens is 1. The molecule has 1 saturated heterocycles. The van der Waals surface area contributed by atoms with Gasteiger partial charge in [0.1, 0.15) is 0 Å². The van der Waals surface area contributed by atoms with Crippen LogP contribution in [0.5, 0.6) is 0 Å². The number of hydrogen-bond donors (Lipinski definition) is 0. The Balaban J connectivity index is 1.92. The second kappa shape index (κ2) is 7.20. The normalized spacial score (nSPS) is 17.9. The van der Waals surface area contributed by atoms with E-state index in [9.17, 15) is 4.79 Å². The van der Waals surface area contributed by atoms with Crippen LogP contribution in [-0.2, 0) is 0 Å². The van der Waals surface area contributed by atoms with Gasteiger partial charge >= 0.3 is 0 Å². The number of thioether (sulfide) groups is 1. The quantitative estimate of drug-likeness (QED) is 0.754. The molecule has 0 aromatic heterocycles. The molecule has 4 heteroatoms. The van der Waals surface area contributed by atoms with E-state index in [1.807, 2.05) is 29.2 Å². The molecule has 0 spiro atoms. The number of hydrogen-bond acceptors (Lipinski definition) is 2. The monoisotopic (exact) mass is 297 g/mol. The van der Waals surface area contributed by atoms with Crippen LogP contribution >= 0.6 is 23.4 Å². The maximum atomic E-state index is 12.3. The standard InChI is InChI=1S/C15H20ClNOS/c1-12(13-6-8-14(16)9-7-13)19-15(18)17-10-4-2-3-5-11-17/h6-9,12H,2-5,10-11H2,1H3. The highest BCUT2D eigenvalue weighted by molar-refractivity contribution is 8.13. The van der Waals surface area contributed by atoms with Gasteiger partial charge in [-0.2, -0.15) is 0 Å². The van der Waals surface area contributed by atoms with Crippen molar-refractivity contribution in [2.24, 2.45) is 0 Å². The smallest absolute Gasteiger partial charge is 0.282 e. The summed E-state index contributed by atoms with van der Waals surface area (Å²) in [5.74, 6) is 0. The van der Waals surface area contributed by atoms with Crippen molar-refractivity contribution in [3.05, 3.63) is 34.9 Å². The van der Waals surface area contributed by atoms with Crippen LogP contribution in [0.4, 0.5) is 4.79 Å². The second-order valence-corrected chi connectivity index (χ2v) is 6.71. The van der Waals surface area contributed by atoms with Crippen molar-refractivity contribution in [1.82, 2.24) is 4.90 Å². The van der Waals surface area contributed by atoms with Crippen LogP contribution < -0.4 is 0 Å². The van der Waals surface area contributed by atoms with Gasteiger partial charge in [-0.25, -0.2) is 0 Å². The molecule has 1 heterocycles. The molecule has 1 aliphatic heterocycles. The number of likely N-dealkylation sites (tertiary alicyclic amines) is 1. The first-order valence-electron chi connectivity index (χ1n) is 6.88. The van der Waals surface area contributed by atoms with Gasteiger partial charge in [0, 0.05) is 23.4 Å². The lowest BCUT2D eigenvalue weighted by Crippen LogP contribution is -2.28. The third kappa shape index (κ3) is 4.43. The largest absolute Gasteiger partial charge is 0.334 e. The Hall–Kier alpha value is -0.670. The van der Waals surface area contributed by atoms with Gasteiger partial charge in [0.25, 0.3) is 5.24 Å². The minimum Gasteiger partial charge on any atom is -0.334 e. The Kier molecular flexibility index (Phi) is 5.59. The Labute approximate surface area is 124 Å². The average molecular weight is 298 g/mol. The number of benzene rings is 1. The molecule has 104 valence electrons. The fourth-order valence-corrected chi connectivity index (χ4v) is 3.33. The summed E-state index contributed by atoms with van der Waals surface area (Å²) in [6, 6.07) is 7.75. The summed E-state index contributed by atoms with van der Waals surface area (Å²) in [6.07, 6.45) is 4.78. The minimum atomic E-state index is 0.174. The zero-order chi connectivity index (χ0) is 13.7. The van der Waals surface area contributed by atoms with Gasteiger partial charge < -0.3 is 4.90 Å². The highest BCUT2D eigenvalue weighted by Gasteiger charge is 2.19. The third-order valence-corrected chi connectivity index (χ3v) is 4.82. The van der Waals surface area contributed by atoms with Crippen LogP contribution in [0.2, 0.25) is 5.02 Å². The summed E-state index contributed by atoms with van der Waals surface area (Å²) in [4.78, 5) is 14.3. The van der Waals surface area contributed by atoms with E-state index in [4.69, 9.17) is 11.6 Å². The van der Waals surface area contributed by atoms with Gasteiger partial charge in [-0.15, -0.1) is 0 Å². The molecule has 1 amide bonds. The Bertz CT molecular complexity index is 413. The summed E-state index contributed by atoms with van der Waals surface area (Å²) < 4.78 is 0. The van der Waals surface area contributed by atoms with Gasteiger partial charge in [0.05, 0.1) is 0 Å². The van der Waals surface area contributed by atoms with Crippen LogP contribution in [-0.4, -0.2) is 23.2 Å². The first-order chi connectivity index (χ1) is 9.16. The lowest BCUT2D eigenvalue weighted by Gasteiger charge is -2.21. The molecule has 0 aliphatic carbocycles. The summed E-state index contributed by atoms with van der Waals surface area (Å²) in [7, 11) is 0. The lowest BCUT2D eigenvalue weighted by atomic mass is 10.2. The predicted molar refractivity (Wildman–Crippen MR) is 82.9 cm³/mol. The maximum absolute atomic E-state index is 12.3. The zero-order valence-electron chi connectivity index (χ0n) is 11.3. The van der Waals surface area contributed by atoms with Gasteiger partial charge in [-0.05, 0) is 37.5 Å². The topological polar surface area (TPSA) is 20.3 Å². The molecule has 2 rings (SSSR count). The zero-order valence-corrected chi connectivity index (χ0v) is 12.8. The number of amides is 1. The van der Waals surface area contributed by atoms with Crippen molar-refractivity contribution in [3.8, 4) is 0 Å². The van der Waals surface area contributed by atoms with Gasteiger partial charge in [0.15, 0.2) is 0 Å². The Morgan fingerprint density at radius 3 is 2.32 bits per heavy atom. The molecule has 2 nitrogen and oxygen atoms in total. The molecule has 1 atom stereocenters. The molecule has 19 heavy (non-hydrogen) atoms. The Morgan fingerprint density at radius 1 is 1.16 bits per heavy atom. The minimum absolute atomic E-state index is 0.174. The van der Waals surface area contributed by atoms with E-state index in [0.29, 0.717) is 0 Å². The molecule has 1 aliphatic rings. The van der Waals surface area contributed by atoms with E-state index in [1.54, 1.807) is 0 Å². The number of carbonyl (C=O) groups excluding carboxylic acids is 1. The molecule has 0 N–H and O–H groups in total. The molecular formula is C15H20ClNOS. The maximum Gasteiger partial charge on any atom is 0.282 e. The van der Waals surface area contributed by atoms with Crippen molar-refractivity contribution in [3.63, 3.8) is 0 Å². The van der Waals surface area contributed by atoms with E-state index in [0.717, 1.165) is 36.5 Å². The van der Waals surface area contributed by atoms with E-state index in [-0.39, 0.29) is 10.5 Å². The number of nitrogens with zero attached hydrogens (tertiary/aromatic N) is 1. The van der Waals surface area contributed by atoms with E-state index in [2.05, 4.69) is 6.92 Å². The lowest BCUT2D eigenvalue weighted by molar-refractivity contribution is 0.225.